The highest BCUT2D eigenvalue weighted by Crippen LogP contribution is 2.57. The van der Waals surface area contributed by atoms with Crippen LogP contribution in [0.25, 0.3) is 0 Å². The first kappa shape index (κ1) is 23.1. The lowest BCUT2D eigenvalue weighted by atomic mass is 9.69. The van der Waals surface area contributed by atoms with Crippen molar-refractivity contribution in [3.8, 4) is 0 Å². The largest absolute Gasteiger partial charge is 0.443 e. The first-order valence-corrected chi connectivity index (χ1v) is 12.4. The summed E-state index contributed by atoms with van der Waals surface area (Å²) in [7, 11) is 0. The molecule has 33 heavy (non-hydrogen) atoms. The molecule has 1 aliphatic carbocycles. The molecule has 2 heterocycles. The van der Waals surface area contributed by atoms with Gasteiger partial charge in [-0.3, -0.25) is 4.79 Å². The predicted octanol–water partition coefficient (Wildman–Crippen LogP) is 6.00. The van der Waals surface area contributed by atoms with E-state index in [4.69, 9.17) is 33.7 Å². The van der Waals surface area contributed by atoms with Gasteiger partial charge in [0, 0.05) is 17.0 Å². The van der Waals surface area contributed by atoms with Crippen molar-refractivity contribution >= 4 is 29.2 Å². The molecule has 0 amide bonds. The monoisotopic (exact) mass is 490 g/mol. The summed E-state index contributed by atoms with van der Waals surface area (Å²) in [6.07, 6.45) is 5.48. The van der Waals surface area contributed by atoms with Gasteiger partial charge in [-0.1, -0.05) is 73.2 Å². The van der Waals surface area contributed by atoms with Crippen LogP contribution in [0.4, 0.5) is 4.39 Å². The van der Waals surface area contributed by atoms with E-state index in [0.29, 0.717) is 16.5 Å². The number of carbonyl (C=O) groups is 1. The Morgan fingerprint density at radius 1 is 1.12 bits per heavy atom. The Hall–Kier alpha value is -1.66. The first-order valence-electron chi connectivity index (χ1n) is 11.6. The van der Waals surface area contributed by atoms with Crippen molar-refractivity contribution in [3.05, 3.63) is 69.5 Å². The number of nitrogens with zero attached hydrogens (tertiary/aromatic N) is 1. The molecule has 0 bridgehead atoms. The number of esters is 1. The van der Waals surface area contributed by atoms with Gasteiger partial charge in [-0.2, -0.15) is 0 Å². The van der Waals surface area contributed by atoms with Gasteiger partial charge in [0.25, 0.3) is 0 Å². The zero-order chi connectivity index (χ0) is 23.5. The number of ether oxygens (including phenoxy) is 1. The second kappa shape index (κ2) is 8.23. The lowest BCUT2D eigenvalue weighted by Crippen LogP contribution is -2.56. The van der Waals surface area contributed by atoms with Gasteiger partial charge in [-0.15, -0.1) is 0 Å². The van der Waals surface area contributed by atoms with Crippen LogP contribution in [-0.4, -0.2) is 28.7 Å². The number of rotatable bonds is 4. The summed E-state index contributed by atoms with van der Waals surface area (Å²) in [4.78, 5) is 15.4. The highest BCUT2D eigenvalue weighted by molar-refractivity contribution is 6.31. The van der Waals surface area contributed by atoms with Crippen molar-refractivity contribution in [1.29, 1.82) is 0 Å². The van der Waals surface area contributed by atoms with Crippen molar-refractivity contribution < 1.29 is 13.9 Å². The molecule has 4 atom stereocenters. The number of fused-ring (bicyclic) bond motifs is 1. The van der Waals surface area contributed by atoms with Gasteiger partial charge in [0.1, 0.15) is 11.9 Å². The van der Waals surface area contributed by atoms with Gasteiger partial charge < -0.3 is 10.5 Å². The van der Waals surface area contributed by atoms with Crippen LogP contribution in [0.2, 0.25) is 10.0 Å². The van der Waals surface area contributed by atoms with Crippen LogP contribution >= 0.6 is 23.2 Å². The van der Waals surface area contributed by atoms with Crippen molar-refractivity contribution in [2.24, 2.45) is 11.7 Å². The molecule has 3 fully saturated rings. The molecular formula is C26H29Cl2FN2O2. The normalized spacial score (nSPS) is 31.7. The van der Waals surface area contributed by atoms with Crippen LogP contribution in [0, 0.1) is 11.7 Å². The molecule has 4 nitrogen and oxygen atoms in total. The van der Waals surface area contributed by atoms with Gasteiger partial charge in [0.2, 0.25) is 0 Å². The Bertz CT molecular complexity index is 1070. The summed E-state index contributed by atoms with van der Waals surface area (Å²) in [6, 6.07) is 11.4. The van der Waals surface area contributed by atoms with Crippen LogP contribution < -0.4 is 5.73 Å². The summed E-state index contributed by atoms with van der Waals surface area (Å²) in [5.41, 5.74) is 6.70. The molecule has 1 saturated carbocycles. The molecule has 2 aromatic carbocycles. The van der Waals surface area contributed by atoms with Crippen molar-refractivity contribution in [3.63, 3.8) is 0 Å². The third-order valence-corrected chi connectivity index (χ3v) is 8.47. The predicted molar refractivity (Wildman–Crippen MR) is 128 cm³/mol. The highest BCUT2D eigenvalue weighted by atomic mass is 35.5. The zero-order valence-electron chi connectivity index (χ0n) is 18.9. The molecule has 176 valence electrons. The number of halogens is 3. The van der Waals surface area contributed by atoms with Crippen molar-refractivity contribution in [2.75, 3.05) is 0 Å². The molecule has 0 aromatic heterocycles. The average molecular weight is 491 g/mol. The van der Waals surface area contributed by atoms with Gasteiger partial charge in [-0.25, -0.2) is 9.29 Å². The van der Waals surface area contributed by atoms with Crippen LogP contribution in [0.1, 0.15) is 63.0 Å². The summed E-state index contributed by atoms with van der Waals surface area (Å²) in [5.74, 6) is -1.08. The third kappa shape index (κ3) is 3.59. The van der Waals surface area contributed by atoms with E-state index in [1.165, 1.54) is 18.9 Å². The number of benzene rings is 2. The van der Waals surface area contributed by atoms with Crippen LogP contribution in [-0.2, 0) is 15.1 Å². The maximum absolute atomic E-state index is 15.5. The molecular weight excluding hydrogens is 462 g/mol. The van der Waals surface area contributed by atoms with Gasteiger partial charge in [0.15, 0.2) is 5.72 Å². The minimum Gasteiger partial charge on any atom is -0.443 e. The van der Waals surface area contributed by atoms with E-state index in [0.717, 1.165) is 24.8 Å². The van der Waals surface area contributed by atoms with Crippen LogP contribution in [0.15, 0.2) is 42.5 Å². The second-order valence-corrected chi connectivity index (χ2v) is 11.0. The highest BCUT2D eigenvalue weighted by Gasteiger charge is 2.68. The fourth-order valence-corrected chi connectivity index (χ4v) is 6.85. The maximum Gasteiger partial charge on any atom is 0.325 e. The molecule has 5 rings (SSSR count). The van der Waals surface area contributed by atoms with E-state index in [-0.39, 0.29) is 17.0 Å². The topological polar surface area (TPSA) is 55.6 Å². The molecule has 0 unspecified atom stereocenters. The number of hydrogen-bond acceptors (Lipinski definition) is 4. The van der Waals surface area contributed by atoms with E-state index < -0.39 is 29.0 Å². The fraction of sp³-hybridized carbons (Fsp3) is 0.500. The van der Waals surface area contributed by atoms with Gasteiger partial charge >= 0.3 is 5.97 Å². The Morgan fingerprint density at radius 3 is 2.45 bits per heavy atom. The van der Waals surface area contributed by atoms with Crippen molar-refractivity contribution in [1.82, 2.24) is 4.90 Å². The standard InChI is InChI=1S/C26H29Cl2FN2O2/c1-25(2)31-20(14-15-6-3-4-7-15)26(30,16-10-12-17(27)13-11-16)21(23(31)24(32)33-25)18-8-5-9-19(28)22(18)29/h5,8-13,15,20-21,23H,3-4,6-7,14,30H2,1-2H3/t20-,21-,23+,26+/m0/s1. The minimum absolute atomic E-state index is 0.0161. The molecule has 2 aromatic rings. The van der Waals surface area contributed by atoms with E-state index in [1.807, 2.05) is 26.0 Å². The Morgan fingerprint density at radius 2 is 1.79 bits per heavy atom. The number of carbonyl (C=O) groups excluding carboxylic acids is 1. The van der Waals surface area contributed by atoms with E-state index in [1.54, 1.807) is 24.3 Å². The zero-order valence-corrected chi connectivity index (χ0v) is 20.4. The Kier molecular flexibility index (Phi) is 5.76. The summed E-state index contributed by atoms with van der Waals surface area (Å²) >= 11 is 12.4. The molecule has 3 aliphatic rings. The number of cyclic esters (lactones) is 1. The summed E-state index contributed by atoms with van der Waals surface area (Å²) < 4.78 is 21.3. The fourth-order valence-electron chi connectivity index (χ4n) is 6.54. The molecule has 2 aliphatic heterocycles. The maximum atomic E-state index is 15.5. The van der Waals surface area contributed by atoms with Crippen LogP contribution in [0.5, 0.6) is 0 Å². The smallest absolute Gasteiger partial charge is 0.325 e. The lowest BCUT2D eigenvalue weighted by Gasteiger charge is -2.43. The van der Waals surface area contributed by atoms with E-state index >= 15 is 4.39 Å². The van der Waals surface area contributed by atoms with Crippen LogP contribution in [0.3, 0.4) is 0 Å². The van der Waals surface area contributed by atoms with E-state index in [2.05, 4.69) is 4.90 Å². The Labute approximate surface area is 204 Å². The molecule has 0 radical (unpaired) electrons. The average Bonchev–Trinajstić information content (AvgIpc) is 3.42. The number of hydrogen-bond donors (Lipinski definition) is 1. The molecule has 2 saturated heterocycles. The summed E-state index contributed by atoms with van der Waals surface area (Å²) in [6.45, 7) is 3.79. The SMILES string of the molecule is CC1(C)OC(=O)[C@H]2[C@H](c3cccc(Cl)c3F)[C@@](N)(c3ccc(Cl)cc3)[C@H](CC3CCCC3)N21. The Balaban J connectivity index is 1.74. The minimum atomic E-state index is -1.04. The van der Waals surface area contributed by atoms with Crippen molar-refractivity contribution in [2.45, 2.75) is 75.2 Å². The molecule has 0 spiro atoms. The first-order chi connectivity index (χ1) is 15.6. The molecule has 7 heteroatoms. The second-order valence-electron chi connectivity index (χ2n) is 10.2. The summed E-state index contributed by atoms with van der Waals surface area (Å²) in [5, 5.41) is 0.612. The van der Waals surface area contributed by atoms with Gasteiger partial charge in [-0.05, 0) is 55.5 Å². The van der Waals surface area contributed by atoms with Gasteiger partial charge in [0.05, 0.1) is 10.6 Å². The lowest BCUT2D eigenvalue weighted by molar-refractivity contribution is -0.152. The number of nitrogens with two attached hydrogens (primary N) is 1. The van der Waals surface area contributed by atoms with E-state index in [9.17, 15) is 4.79 Å². The molecule has 2 N–H and O–H groups in total. The quantitative estimate of drug-likeness (QED) is 0.534. The third-order valence-electron chi connectivity index (χ3n) is 7.92.